The van der Waals surface area contributed by atoms with Gasteiger partial charge in [0.15, 0.2) is 0 Å². The van der Waals surface area contributed by atoms with E-state index in [9.17, 15) is 4.79 Å². The maximum absolute atomic E-state index is 11.2. The number of esters is 1. The van der Waals surface area contributed by atoms with Crippen molar-refractivity contribution in [3.63, 3.8) is 0 Å². The molecule has 2 fully saturated rings. The third kappa shape index (κ3) is 5.59. The van der Waals surface area contributed by atoms with Gasteiger partial charge in [0.2, 0.25) is 0 Å². The highest BCUT2D eigenvalue weighted by Gasteiger charge is 2.35. The summed E-state index contributed by atoms with van der Waals surface area (Å²) >= 11 is 0. The van der Waals surface area contributed by atoms with Crippen LogP contribution in [-0.2, 0) is 14.3 Å². The van der Waals surface area contributed by atoms with Crippen LogP contribution < -0.4 is 10.6 Å². The second kappa shape index (κ2) is 8.48. The Balaban J connectivity index is 1.39. The molecule has 0 aliphatic carbocycles. The first-order valence-electron chi connectivity index (χ1n) is 9.98. The average Bonchev–Trinajstić information content (AvgIpc) is 2.59. The van der Waals surface area contributed by atoms with Crippen LogP contribution in [0.4, 0.5) is 11.4 Å². The van der Waals surface area contributed by atoms with Gasteiger partial charge in [0.05, 0.1) is 6.61 Å². The van der Waals surface area contributed by atoms with Gasteiger partial charge in [-0.05, 0) is 63.3 Å². The van der Waals surface area contributed by atoms with Crippen molar-refractivity contribution in [3.8, 4) is 0 Å². The smallest absolute Gasteiger partial charge is 0.303 e. The Morgan fingerprint density at radius 3 is 2.37 bits per heavy atom. The molecular formula is C21H33N3O3. The second-order valence-corrected chi connectivity index (χ2v) is 8.42. The molecule has 0 spiro atoms. The molecule has 6 nitrogen and oxygen atoms in total. The molecule has 2 N–H and O–H groups in total. The highest BCUT2D eigenvalue weighted by atomic mass is 16.6. The van der Waals surface area contributed by atoms with E-state index in [-0.39, 0.29) is 12.2 Å². The van der Waals surface area contributed by atoms with Gasteiger partial charge in [0.1, 0.15) is 11.8 Å². The SMILES string of the molecule is CC(=O)OC(C)(C)CN1CCC1OCC1CCN(c2ccc(N)cc2)CC1. The predicted octanol–water partition coefficient (Wildman–Crippen LogP) is 2.88. The molecule has 2 aliphatic rings. The predicted molar refractivity (Wildman–Crippen MR) is 108 cm³/mol. The Morgan fingerprint density at radius 1 is 1.15 bits per heavy atom. The van der Waals surface area contributed by atoms with Gasteiger partial charge in [0.25, 0.3) is 0 Å². The topological polar surface area (TPSA) is 68.0 Å². The first kappa shape index (κ1) is 20.0. The Labute approximate surface area is 162 Å². The van der Waals surface area contributed by atoms with E-state index in [1.165, 1.54) is 12.6 Å². The molecule has 150 valence electrons. The van der Waals surface area contributed by atoms with Crippen LogP contribution in [0, 0.1) is 5.92 Å². The van der Waals surface area contributed by atoms with Gasteiger partial charge in [-0.25, -0.2) is 0 Å². The minimum absolute atomic E-state index is 0.162. The third-order valence-corrected chi connectivity index (χ3v) is 5.47. The average molecular weight is 376 g/mol. The van der Waals surface area contributed by atoms with E-state index in [4.69, 9.17) is 15.2 Å². The fraction of sp³-hybridized carbons (Fsp3) is 0.667. The van der Waals surface area contributed by atoms with Crippen LogP contribution in [0.25, 0.3) is 0 Å². The monoisotopic (exact) mass is 375 g/mol. The molecular weight excluding hydrogens is 342 g/mol. The molecule has 0 saturated carbocycles. The maximum Gasteiger partial charge on any atom is 0.303 e. The highest BCUT2D eigenvalue weighted by Crippen LogP contribution is 2.27. The van der Waals surface area contributed by atoms with E-state index in [1.54, 1.807) is 0 Å². The molecule has 2 saturated heterocycles. The third-order valence-electron chi connectivity index (χ3n) is 5.47. The lowest BCUT2D eigenvalue weighted by atomic mass is 9.97. The number of likely N-dealkylation sites (tertiary alicyclic amines) is 1. The van der Waals surface area contributed by atoms with E-state index in [0.29, 0.717) is 12.5 Å². The summed E-state index contributed by atoms with van der Waals surface area (Å²) in [6.07, 6.45) is 3.52. The zero-order valence-corrected chi connectivity index (χ0v) is 16.8. The van der Waals surface area contributed by atoms with Crippen molar-refractivity contribution in [2.75, 3.05) is 43.4 Å². The van der Waals surface area contributed by atoms with E-state index in [2.05, 4.69) is 21.9 Å². The second-order valence-electron chi connectivity index (χ2n) is 8.42. The van der Waals surface area contributed by atoms with Crippen molar-refractivity contribution in [1.29, 1.82) is 0 Å². The quantitative estimate of drug-likeness (QED) is 0.584. The number of hydrogen-bond donors (Lipinski definition) is 1. The van der Waals surface area contributed by atoms with E-state index >= 15 is 0 Å². The van der Waals surface area contributed by atoms with Crippen molar-refractivity contribution >= 4 is 17.3 Å². The number of nitrogen functional groups attached to an aromatic ring is 1. The Morgan fingerprint density at radius 2 is 1.81 bits per heavy atom. The Bertz CT molecular complexity index is 624. The molecule has 0 aromatic heterocycles. The van der Waals surface area contributed by atoms with Crippen molar-refractivity contribution in [1.82, 2.24) is 4.90 Å². The molecule has 6 heteroatoms. The lowest BCUT2D eigenvalue weighted by molar-refractivity contribution is -0.173. The molecule has 2 aliphatic heterocycles. The van der Waals surface area contributed by atoms with Gasteiger partial charge in [-0.3, -0.25) is 9.69 Å². The van der Waals surface area contributed by atoms with Gasteiger partial charge >= 0.3 is 5.97 Å². The fourth-order valence-electron chi connectivity index (χ4n) is 3.99. The molecule has 3 rings (SSSR count). The fourth-order valence-corrected chi connectivity index (χ4v) is 3.99. The summed E-state index contributed by atoms with van der Waals surface area (Å²) in [5.74, 6) is 0.379. The Hall–Kier alpha value is -1.79. The molecule has 0 bridgehead atoms. The van der Waals surface area contributed by atoms with Crippen LogP contribution in [-0.4, -0.2) is 55.5 Å². The number of rotatable bonds is 7. The van der Waals surface area contributed by atoms with E-state index in [0.717, 1.165) is 51.2 Å². The molecule has 0 amide bonds. The number of carbonyl (C=O) groups is 1. The molecule has 1 aromatic carbocycles. The molecule has 1 aromatic rings. The van der Waals surface area contributed by atoms with Crippen LogP contribution in [0.2, 0.25) is 0 Å². The first-order chi connectivity index (χ1) is 12.8. The van der Waals surface area contributed by atoms with E-state index in [1.807, 2.05) is 26.0 Å². The summed E-state index contributed by atoms with van der Waals surface area (Å²) in [6, 6.07) is 8.13. The number of nitrogens with two attached hydrogens (primary N) is 1. The first-order valence-corrected chi connectivity index (χ1v) is 9.98. The summed E-state index contributed by atoms with van der Waals surface area (Å²) in [4.78, 5) is 15.9. The normalized spacial score (nSPS) is 21.7. The number of piperidine rings is 1. The molecule has 1 unspecified atom stereocenters. The number of ether oxygens (including phenoxy) is 2. The van der Waals surface area contributed by atoms with Gasteiger partial charge in [-0.15, -0.1) is 0 Å². The molecule has 27 heavy (non-hydrogen) atoms. The number of nitrogens with zero attached hydrogens (tertiary/aromatic N) is 2. The summed E-state index contributed by atoms with van der Waals surface area (Å²) in [7, 11) is 0. The van der Waals surface area contributed by atoms with Gasteiger partial charge in [-0.1, -0.05) is 0 Å². The van der Waals surface area contributed by atoms with Crippen LogP contribution >= 0.6 is 0 Å². The van der Waals surface area contributed by atoms with Crippen LogP contribution in [0.15, 0.2) is 24.3 Å². The van der Waals surface area contributed by atoms with Crippen LogP contribution in [0.5, 0.6) is 0 Å². The van der Waals surface area contributed by atoms with Crippen LogP contribution in [0.1, 0.15) is 40.0 Å². The van der Waals surface area contributed by atoms with E-state index < -0.39 is 5.60 Å². The number of hydrogen-bond acceptors (Lipinski definition) is 6. The van der Waals surface area contributed by atoms with Gasteiger partial charge < -0.3 is 20.1 Å². The highest BCUT2D eigenvalue weighted by molar-refractivity contribution is 5.66. The summed E-state index contributed by atoms with van der Waals surface area (Å²) < 4.78 is 11.6. The lowest BCUT2D eigenvalue weighted by Crippen LogP contribution is -2.55. The minimum Gasteiger partial charge on any atom is -0.458 e. The zero-order valence-electron chi connectivity index (χ0n) is 16.8. The molecule has 1 atom stereocenters. The van der Waals surface area contributed by atoms with Crippen molar-refractivity contribution in [3.05, 3.63) is 24.3 Å². The van der Waals surface area contributed by atoms with Crippen LogP contribution in [0.3, 0.4) is 0 Å². The Kier molecular flexibility index (Phi) is 6.27. The summed E-state index contributed by atoms with van der Waals surface area (Å²) in [5, 5.41) is 0. The van der Waals surface area contributed by atoms with Crippen molar-refractivity contribution in [2.24, 2.45) is 5.92 Å². The van der Waals surface area contributed by atoms with Crippen molar-refractivity contribution < 1.29 is 14.3 Å². The summed E-state index contributed by atoms with van der Waals surface area (Å²) in [6.45, 7) is 10.0. The summed E-state index contributed by atoms with van der Waals surface area (Å²) in [5.41, 5.74) is 7.36. The van der Waals surface area contributed by atoms with Gasteiger partial charge in [-0.2, -0.15) is 0 Å². The number of anilines is 2. The molecule has 0 radical (unpaired) electrons. The largest absolute Gasteiger partial charge is 0.458 e. The molecule has 2 heterocycles. The standard InChI is InChI=1S/C21H33N3O3/c1-16(25)27-21(2,3)15-24-13-10-20(24)26-14-17-8-11-23(12-9-17)19-6-4-18(22)5-7-19/h4-7,17,20H,8-15,22H2,1-3H3. The minimum atomic E-state index is -0.474. The van der Waals surface area contributed by atoms with Gasteiger partial charge in [0, 0.05) is 44.5 Å². The number of benzene rings is 1. The lowest BCUT2D eigenvalue weighted by Gasteiger charge is -2.44. The van der Waals surface area contributed by atoms with Crippen molar-refractivity contribution in [2.45, 2.75) is 51.9 Å². The zero-order chi connectivity index (χ0) is 19.4. The maximum atomic E-state index is 11.2. The number of carbonyl (C=O) groups excluding carboxylic acids is 1.